The molecule has 0 saturated carbocycles. The number of aromatic nitrogens is 2. The van der Waals surface area contributed by atoms with Crippen LogP contribution in [0.5, 0.6) is 0 Å². The Labute approximate surface area is 227 Å². The Kier molecular flexibility index (Phi) is 8.22. The van der Waals surface area contributed by atoms with Crippen molar-refractivity contribution >= 4 is 39.0 Å². The highest BCUT2D eigenvalue weighted by molar-refractivity contribution is 7.22. The summed E-state index contributed by atoms with van der Waals surface area (Å²) in [6.45, 7) is 7.78. The molecule has 4 heterocycles. The maximum absolute atomic E-state index is 12.5. The maximum atomic E-state index is 12.5. The molecule has 2 unspecified atom stereocenters. The molecule has 204 valence electrons. The van der Waals surface area contributed by atoms with Gasteiger partial charge in [0.15, 0.2) is 6.35 Å². The molecule has 2 fully saturated rings. The Morgan fingerprint density at radius 2 is 1.97 bits per heavy atom. The predicted molar refractivity (Wildman–Crippen MR) is 151 cm³/mol. The van der Waals surface area contributed by atoms with Crippen LogP contribution in [0.15, 0.2) is 36.5 Å². The first kappa shape index (κ1) is 26.9. The molecule has 0 bridgehead atoms. The highest BCUT2D eigenvalue weighted by atomic mass is 32.1. The van der Waals surface area contributed by atoms with Crippen LogP contribution < -0.4 is 16.0 Å². The first-order valence-corrected chi connectivity index (χ1v) is 14.1. The van der Waals surface area contributed by atoms with Gasteiger partial charge in [0.25, 0.3) is 0 Å². The fraction of sp³-hybridized carbons (Fsp3) is 0.519. The van der Waals surface area contributed by atoms with Crippen molar-refractivity contribution in [2.75, 3.05) is 43.4 Å². The number of aliphatic hydroxyl groups is 2. The van der Waals surface area contributed by atoms with Crippen LogP contribution in [-0.4, -0.2) is 86.7 Å². The van der Waals surface area contributed by atoms with Crippen molar-refractivity contribution in [1.82, 2.24) is 25.1 Å². The van der Waals surface area contributed by atoms with Gasteiger partial charge in [-0.1, -0.05) is 6.42 Å². The number of nitrogens with zero attached hydrogens (tertiary/aromatic N) is 4. The van der Waals surface area contributed by atoms with Crippen molar-refractivity contribution in [3.05, 3.63) is 36.5 Å². The van der Waals surface area contributed by atoms with E-state index in [0.29, 0.717) is 25.5 Å². The number of carbonyl (C=O) groups is 1. The Hall–Kier alpha value is -2.67. The lowest BCUT2D eigenvalue weighted by atomic mass is 10.0. The number of carbonyl (C=O) groups excluding carboxylic acids is 1. The van der Waals surface area contributed by atoms with Gasteiger partial charge in [-0.25, -0.2) is 9.97 Å². The maximum Gasteiger partial charge on any atom is 0.225 e. The van der Waals surface area contributed by atoms with Gasteiger partial charge in [-0.05, 0) is 75.5 Å². The van der Waals surface area contributed by atoms with Gasteiger partial charge in [0.1, 0.15) is 6.23 Å². The van der Waals surface area contributed by atoms with Gasteiger partial charge in [-0.15, -0.1) is 11.3 Å². The van der Waals surface area contributed by atoms with E-state index in [2.05, 4.69) is 36.9 Å². The lowest BCUT2D eigenvalue weighted by Gasteiger charge is -2.33. The number of hydrogen-bond donors (Lipinski definition) is 5. The molecule has 1 amide bonds. The molecule has 5 N–H and O–H groups in total. The van der Waals surface area contributed by atoms with Crippen molar-refractivity contribution in [2.45, 2.75) is 57.6 Å². The summed E-state index contributed by atoms with van der Waals surface area (Å²) in [7, 11) is 0. The molecule has 5 rings (SSSR count). The molecule has 0 radical (unpaired) electrons. The van der Waals surface area contributed by atoms with Gasteiger partial charge in [-0.2, -0.15) is 0 Å². The molecule has 11 heteroatoms. The number of nitrogens with one attached hydrogen (secondary N) is 3. The number of anilines is 2. The van der Waals surface area contributed by atoms with E-state index in [0.717, 1.165) is 46.0 Å². The molecular formula is C27H37N7O3S. The van der Waals surface area contributed by atoms with Gasteiger partial charge in [0, 0.05) is 42.6 Å². The Morgan fingerprint density at radius 3 is 2.74 bits per heavy atom. The minimum absolute atomic E-state index is 0.0482. The van der Waals surface area contributed by atoms with Gasteiger partial charge in [-0.3, -0.25) is 15.0 Å². The molecule has 2 saturated heterocycles. The van der Waals surface area contributed by atoms with E-state index in [9.17, 15) is 15.0 Å². The number of rotatable bonds is 9. The van der Waals surface area contributed by atoms with Gasteiger partial charge >= 0.3 is 0 Å². The van der Waals surface area contributed by atoms with E-state index < -0.39 is 18.1 Å². The zero-order valence-electron chi connectivity index (χ0n) is 22.0. The monoisotopic (exact) mass is 539 g/mol. The lowest BCUT2D eigenvalue weighted by Crippen LogP contribution is -2.49. The molecule has 0 spiro atoms. The molecule has 0 aliphatic carbocycles. The summed E-state index contributed by atoms with van der Waals surface area (Å²) >= 11 is 1.65. The topological polar surface area (TPSA) is 126 Å². The average Bonchev–Trinajstić information content (AvgIpc) is 3.41. The SMILES string of the molecule is CC1(C)C(O)NC(O)N1CCNc1nccc(-c2cc3cc(NC(=O)CCN4CCCCC4)ccc3s2)n1. The summed E-state index contributed by atoms with van der Waals surface area (Å²) in [6, 6.07) is 9.97. The van der Waals surface area contributed by atoms with E-state index in [-0.39, 0.29) is 5.91 Å². The summed E-state index contributed by atoms with van der Waals surface area (Å²) in [5.74, 6) is 0.550. The van der Waals surface area contributed by atoms with Crippen molar-refractivity contribution in [3.8, 4) is 10.6 Å². The zero-order valence-corrected chi connectivity index (χ0v) is 22.8. The Morgan fingerprint density at radius 1 is 1.16 bits per heavy atom. The number of likely N-dealkylation sites (tertiary alicyclic amines) is 1. The third-order valence-electron chi connectivity index (χ3n) is 7.46. The van der Waals surface area contributed by atoms with Crippen LogP contribution in [-0.2, 0) is 4.79 Å². The minimum atomic E-state index is -0.906. The van der Waals surface area contributed by atoms with E-state index in [1.165, 1.54) is 19.3 Å². The van der Waals surface area contributed by atoms with Gasteiger partial charge in [0.2, 0.25) is 11.9 Å². The number of piperidine rings is 1. The fourth-order valence-corrected chi connectivity index (χ4v) is 6.11. The Balaban J connectivity index is 1.19. The second-order valence-electron chi connectivity index (χ2n) is 10.5. The van der Waals surface area contributed by atoms with Crippen LogP contribution in [0.1, 0.15) is 39.5 Å². The fourth-order valence-electron chi connectivity index (χ4n) is 5.10. The summed E-state index contributed by atoms with van der Waals surface area (Å²) < 4.78 is 1.12. The largest absolute Gasteiger partial charge is 0.377 e. The highest BCUT2D eigenvalue weighted by Crippen LogP contribution is 2.34. The molecule has 10 nitrogen and oxygen atoms in total. The number of amides is 1. The van der Waals surface area contributed by atoms with Crippen LogP contribution in [0.3, 0.4) is 0 Å². The van der Waals surface area contributed by atoms with Crippen LogP contribution >= 0.6 is 11.3 Å². The van der Waals surface area contributed by atoms with Crippen molar-refractivity contribution in [2.24, 2.45) is 0 Å². The number of benzene rings is 1. The minimum Gasteiger partial charge on any atom is -0.377 e. The normalized spacial score (nSPS) is 22.1. The Bertz CT molecular complexity index is 1260. The van der Waals surface area contributed by atoms with Crippen LogP contribution in [0.2, 0.25) is 0 Å². The highest BCUT2D eigenvalue weighted by Gasteiger charge is 2.45. The van der Waals surface area contributed by atoms with Crippen LogP contribution in [0.25, 0.3) is 20.7 Å². The summed E-state index contributed by atoms with van der Waals surface area (Å²) in [4.78, 5) is 26.7. The van der Waals surface area contributed by atoms with E-state index in [4.69, 9.17) is 0 Å². The van der Waals surface area contributed by atoms with E-state index >= 15 is 0 Å². The number of thiophene rings is 1. The zero-order chi connectivity index (χ0) is 26.7. The number of hydrogen-bond acceptors (Lipinski definition) is 10. The average molecular weight is 540 g/mol. The van der Waals surface area contributed by atoms with Crippen molar-refractivity contribution < 1.29 is 15.0 Å². The molecular weight excluding hydrogens is 502 g/mol. The summed E-state index contributed by atoms with van der Waals surface area (Å²) in [6.07, 6.45) is 4.27. The number of aliphatic hydroxyl groups excluding tert-OH is 2. The van der Waals surface area contributed by atoms with Crippen molar-refractivity contribution in [1.29, 1.82) is 0 Å². The molecule has 2 aromatic heterocycles. The molecule has 38 heavy (non-hydrogen) atoms. The third-order valence-corrected chi connectivity index (χ3v) is 8.60. The third kappa shape index (κ3) is 6.14. The smallest absolute Gasteiger partial charge is 0.225 e. The molecule has 3 aromatic rings. The summed E-state index contributed by atoms with van der Waals surface area (Å²) in [5, 5.41) is 30.3. The first-order valence-electron chi connectivity index (χ1n) is 13.3. The van der Waals surface area contributed by atoms with Crippen LogP contribution in [0.4, 0.5) is 11.6 Å². The predicted octanol–water partition coefficient (Wildman–Crippen LogP) is 2.86. The van der Waals surface area contributed by atoms with E-state index in [1.54, 1.807) is 22.4 Å². The standard InChI is InChI=1S/C27H37N7O3S/c1-27(2)24(36)32-26(37)34(27)15-11-29-25-28-10-8-20(31-25)22-17-18-16-19(6-7-21(18)38-22)30-23(35)9-14-33-12-4-3-5-13-33/h6-8,10,16-17,24,26,32,36-37H,3-5,9,11-15H2,1-2H3,(H,30,35)(H,28,29,31). The number of fused-ring (bicyclic) bond motifs is 1. The van der Waals surface area contributed by atoms with Crippen molar-refractivity contribution in [3.63, 3.8) is 0 Å². The van der Waals surface area contributed by atoms with E-state index in [1.807, 2.05) is 38.1 Å². The molecule has 2 atom stereocenters. The molecule has 1 aromatic carbocycles. The lowest BCUT2D eigenvalue weighted by molar-refractivity contribution is -0.116. The molecule has 2 aliphatic rings. The second kappa shape index (κ2) is 11.6. The molecule has 2 aliphatic heterocycles. The quantitative estimate of drug-likeness (QED) is 0.279. The first-order chi connectivity index (χ1) is 18.3. The second-order valence-corrected chi connectivity index (χ2v) is 11.6. The summed E-state index contributed by atoms with van der Waals surface area (Å²) in [5.41, 5.74) is 1.03. The van der Waals surface area contributed by atoms with Gasteiger partial charge < -0.3 is 25.7 Å². The van der Waals surface area contributed by atoms with Crippen LogP contribution in [0, 0.1) is 0 Å². The van der Waals surface area contributed by atoms with Gasteiger partial charge in [0.05, 0.1) is 16.1 Å².